The van der Waals surface area contributed by atoms with Gasteiger partial charge < -0.3 is 15.2 Å². The molecule has 0 aromatic rings. The zero-order chi connectivity index (χ0) is 8.04. The van der Waals surface area contributed by atoms with E-state index in [1.165, 1.54) is 0 Å². The Morgan fingerprint density at radius 3 is 1.80 bits per heavy atom. The largest absolute Gasteiger partial charge is 0.337 e. The highest BCUT2D eigenvalue weighted by molar-refractivity contribution is 4.60. The van der Waals surface area contributed by atoms with Crippen molar-refractivity contribution in [1.29, 1.82) is 0 Å². The lowest BCUT2D eigenvalue weighted by Gasteiger charge is -2.26. The summed E-state index contributed by atoms with van der Waals surface area (Å²) in [7, 11) is 0. The van der Waals surface area contributed by atoms with E-state index in [1.807, 2.05) is 13.8 Å². The third kappa shape index (κ3) is 3.12. The zero-order valence-electron chi connectivity index (χ0n) is 6.59. The van der Waals surface area contributed by atoms with Gasteiger partial charge in [-0.3, -0.25) is 5.73 Å². The van der Waals surface area contributed by atoms with E-state index in [9.17, 15) is 0 Å². The number of nitrogens with two attached hydrogens (primary N) is 2. The Bertz CT molecular complexity index is 81.8. The summed E-state index contributed by atoms with van der Waals surface area (Å²) in [6.45, 7) is 4.88. The molecule has 4 N–H and O–H groups in total. The lowest BCUT2D eigenvalue weighted by molar-refractivity contribution is -0.222. The van der Waals surface area contributed by atoms with Crippen LogP contribution in [-0.2, 0) is 9.47 Å². The summed E-state index contributed by atoms with van der Waals surface area (Å²) in [6, 6.07) is 0. The van der Waals surface area contributed by atoms with Gasteiger partial charge in [0.2, 0.25) is 5.91 Å². The van der Waals surface area contributed by atoms with E-state index in [0.29, 0.717) is 13.2 Å². The zero-order valence-corrected chi connectivity index (χ0v) is 6.59. The molecule has 0 amide bonds. The van der Waals surface area contributed by atoms with Crippen LogP contribution in [0.1, 0.15) is 13.8 Å². The van der Waals surface area contributed by atoms with Crippen molar-refractivity contribution in [2.75, 3.05) is 19.8 Å². The molecule has 10 heavy (non-hydrogen) atoms. The van der Waals surface area contributed by atoms with Crippen molar-refractivity contribution >= 4 is 0 Å². The molecule has 0 saturated heterocycles. The minimum Gasteiger partial charge on any atom is -0.337 e. The van der Waals surface area contributed by atoms with Crippen molar-refractivity contribution in [3.8, 4) is 0 Å². The van der Waals surface area contributed by atoms with E-state index in [4.69, 9.17) is 20.9 Å². The molecule has 0 aliphatic heterocycles. The molecule has 4 heteroatoms. The van der Waals surface area contributed by atoms with Gasteiger partial charge in [0.15, 0.2) is 0 Å². The maximum absolute atomic E-state index is 5.55. The molecule has 0 heterocycles. The van der Waals surface area contributed by atoms with Crippen molar-refractivity contribution < 1.29 is 9.47 Å². The highest BCUT2D eigenvalue weighted by atomic mass is 16.7. The van der Waals surface area contributed by atoms with Crippen molar-refractivity contribution in [2.45, 2.75) is 19.8 Å². The van der Waals surface area contributed by atoms with E-state index in [-0.39, 0.29) is 6.54 Å². The highest BCUT2D eigenvalue weighted by Crippen LogP contribution is 2.01. The van der Waals surface area contributed by atoms with E-state index in [2.05, 4.69) is 0 Å². The average Bonchev–Trinajstić information content (AvgIpc) is 1.89. The Kier molecular flexibility index (Phi) is 4.55. The monoisotopic (exact) mass is 148 g/mol. The van der Waals surface area contributed by atoms with Crippen LogP contribution < -0.4 is 11.5 Å². The van der Waals surface area contributed by atoms with Crippen LogP contribution in [0.15, 0.2) is 0 Å². The topological polar surface area (TPSA) is 70.5 Å². The minimum atomic E-state index is -1.08. The van der Waals surface area contributed by atoms with Crippen molar-refractivity contribution in [3.05, 3.63) is 0 Å². The van der Waals surface area contributed by atoms with Gasteiger partial charge in [-0.25, -0.2) is 0 Å². The molecule has 0 aromatic heterocycles. The van der Waals surface area contributed by atoms with Gasteiger partial charge in [0.05, 0.1) is 6.54 Å². The van der Waals surface area contributed by atoms with Crippen LogP contribution in [0.25, 0.3) is 0 Å². The molecule has 0 unspecified atom stereocenters. The summed E-state index contributed by atoms with van der Waals surface area (Å²) < 4.78 is 10.1. The fourth-order valence-electron chi connectivity index (χ4n) is 0.648. The molecule has 0 spiro atoms. The Balaban J connectivity index is 3.69. The summed E-state index contributed by atoms with van der Waals surface area (Å²) in [6.07, 6.45) is 0. The predicted molar refractivity (Wildman–Crippen MR) is 39.2 cm³/mol. The molecule has 0 atom stereocenters. The van der Waals surface area contributed by atoms with E-state index >= 15 is 0 Å². The molecule has 0 fully saturated rings. The molecule has 4 nitrogen and oxygen atoms in total. The van der Waals surface area contributed by atoms with E-state index in [1.54, 1.807) is 0 Å². The van der Waals surface area contributed by atoms with Gasteiger partial charge in [-0.05, 0) is 13.8 Å². The molecule has 0 bridgehead atoms. The van der Waals surface area contributed by atoms with Gasteiger partial charge in [0.25, 0.3) is 0 Å². The van der Waals surface area contributed by atoms with Gasteiger partial charge in [0, 0.05) is 13.2 Å². The lowest BCUT2D eigenvalue weighted by Crippen LogP contribution is -2.52. The van der Waals surface area contributed by atoms with E-state index in [0.717, 1.165) is 0 Å². The number of hydrogen-bond donors (Lipinski definition) is 2. The van der Waals surface area contributed by atoms with Crippen molar-refractivity contribution in [3.63, 3.8) is 0 Å². The van der Waals surface area contributed by atoms with Crippen LogP contribution in [0, 0.1) is 0 Å². The van der Waals surface area contributed by atoms with Crippen LogP contribution in [0.5, 0.6) is 0 Å². The summed E-state index contributed by atoms with van der Waals surface area (Å²) in [5, 5.41) is 0. The first-order valence-corrected chi connectivity index (χ1v) is 3.45. The summed E-state index contributed by atoms with van der Waals surface area (Å²) in [4.78, 5) is 0. The quantitative estimate of drug-likeness (QED) is 0.522. The highest BCUT2D eigenvalue weighted by Gasteiger charge is 2.22. The second-order valence-corrected chi connectivity index (χ2v) is 1.88. The van der Waals surface area contributed by atoms with Crippen LogP contribution in [0.3, 0.4) is 0 Å². The van der Waals surface area contributed by atoms with Crippen molar-refractivity contribution in [1.82, 2.24) is 0 Å². The van der Waals surface area contributed by atoms with E-state index < -0.39 is 5.91 Å². The molecule has 0 rings (SSSR count). The molecule has 62 valence electrons. The minimum absolute atomic E-state index is 0.175. The standard InChI is InChI=1S/C6H16N2O2/c1-3-9-6(8,5-7)10-4-2/h3-5,7-8H2,1-2H3. The Morgan fingerprint density at radius 2 is 1.60 bits per heavy atom. The first kappa shape index (κ1) is 9.84. The molecule has 0 saturated carbocycles. The van der Waals surface area contributed by atoms with Gasteiger partial charge in [-0.1, -0.05) is 0 Å². The third-order valence-electron chi connectivity index (χ3n) is 1.06. The van der Waals surface area contributed by atoms with Crippen LogP contribution in [-0.4, -0.2) is 25.7 Å². The first-order chi connectivity index (χ1) is 4.68. The number of ether oxygens (including phenoxy) is 2. The number of hydrogen-bond acceptors (Lipinski definition) is 4. The van der Waals surface area contributed by atoms with Crippen LogP contribution in [0.2, 0.25) is 0 Å². The third-order valence-corrected chi connectivity index (χ3v) is 1.06. The maximum Gasteiger partial charge on any atom is 0.237 e. The van der Waals surface area contributed by atoms with Gasteiger partial charge in [-0.15, -0.1) is 0 Å². The summed E-state index contributed by atoms with van der Waals surface area (Å²) >= 11 is 0. The SMILES string of the molecule is CCOC(N)(CN)OCC. The molecule has 0 aliphatic rings. The fourth-order valence-corrected chi connectivity index (χ4v) is 0.648. The van der Waals surface area contributed by atoms with Crippen molar-refractivity contribution in [2.24, 2.45) is 11.5 Å². The van der Waals surface area contributed by atoms with Gasteiger partial charge in [0.1, 0.15) is 0 Å². The van der Waals surface area contributed by atoms with Crippen LogP contribution in [0.4, 0.5) is 0 Å². The lowest BCUT2D eigenvalue weighted by atomic mass is 10.5. The Hall–Kier alpha value is -0.160. The second-order valence-electron chi connectivity index (χ2n) is 1.88. The normalized spacial score (nSPS) is 12.0. The summed E-state index contributed by atoms with van der Waals surface area (Å²) in [5.41, 5.74) is 10.9. The molecule has 0 aromatic carbocycles. The predicted octanol–water partition coefficient (Wildman–Crippen LogP) is -0.369. The molecular formula is C6H16N2O2. The fraction of sp³-hybridized carbons (Fsp3) is 1.00. The summed E-state index contributed by atoms with van der Waals surface area (Å²) in [5.74, 6) is -1.08. The smallest absolute Gasteiger partial charge is 0.237 e. The van der Waals surface area contributed by atoms with Crippen LogP contribution >= 0.6 is 0 Å². The average molecular weight is 148 g/mol. The molecular weight excluding hydrogens is 132 g/mol. The molecule has 0 radical (unpaired) electrons. The van der Waals surface area contributed by atoms with Gasteiger partial charge >= 0.3 is 0 Å². The second kappa shape index (κ2) is 4.62. The first-order valence-electron chi connectivity index (χ1n) is 3.45. The molecule has 0 aliphatic carbocycles. The number of rotatable bonds is 5. The Morgan fingerprint density at radius 1 is 1.20 bits per heavy atom. The Labute approximate surface area is 61.5 Å². The van der Waals surface area contributed by atoms with Gasteiger partial charge in [-0.2, -0.15) is 0 Å². The maximum atomic E-state index is 5.55.